The van der Waals surface area contributed by atoms with Crippen LogP contribution in [0.1, 0.15) is 33.6 Å². The van der Waals surface area contributed by atoms with Crippen LogP contribution in [0.2, 0.25) is 0 Å². The minimum Gasteiger partial charge on any atom is -0.347 e. The zero-order chi connectivity index (χ0) is 15.4. The number of hydrogen-bond donors (Lipinski definition) is 2. The van der Waals surface area contributed by atoms with Crippen molar-refractivity contribution in [3.8, 4) is 0 Å². The van der Waals surface area contributed by atoms with E-state index in [0.717, 1.165) is 24.0 Å². The maximum Gasteiger partial charge on any atom is 0.241 e. The van der Waals surface area contributed by atoms with Crippen LogP contribution >= 0.6 is 12.4 Å². The molecule has 3 N–H and O–H groups in total. The number of carbonyl (C=O) groups is 1. The third kappa shape index (κ3) is 4.49. The lowest BCUT2D eigenvalue weighted by atomic mass is 10.1. The quantitative estimate of drug-likeness (QED) is 0.849. The molecule has 0 aliphatic heterocycles. The number of anilines is 1. The topological polar surface area (TPSA) is 60.1 Å². The summed E-state index contributed by atoms with van der Waals surface area (Å²) in [6, 6.07) is 7.65. The van der Waals surface area contributed by atoms with Gasteiger partial charge in [0.05, 0.1) is 6.04 Å². The average Bonchev–Trinajstić information content (AvgIpc) is 2.81. The summed E-state index contributed by atoms with van der Waals surface area (Å²) in [5, 5.41) is 4.03. The van der Waals surface area contributed by atoms with E-state index in [2.05, 4.69) is 42.1 Å². The Labute approximate surface area is 138 Å². The van der Waals surface area contributed by atoms with Gasteiger partial charge in [0.25, 0.3) is 0 Å². The third-order valence-corrected chi connectivity index (χ3v) is 3.54. The number of nitrogens with zero attached hydrogens (tertiary/aromatic N) is 1. The largest absolute Gasteiger partial charge is 0.347 e. The Kier molecular flexibility index (Phi) is 6.91. The Morgan fingerprint density at radius 1 is 1.32 bits per heavy atom. The molecule has 22 heavy (non-hydrogen) atoms. The van der Waals surface area contributed by atoms with Crippen LogP contribution in [0, 0.1) is 5.92 Å². The molecule has 2 aromatic rings. The first kappa shape index (κ1) is 18.5. The van der Waals surface area contributed by atoms with E-state index in [9.17, 15) is 4.79 Å². The Morgan fingerprint density at radius 2 is 2.05 bits per heavy atom. The summed E-state index contributed by atoms with van der Waals surface area (Å²) in [6.45, 7) is 7.43. The lowest BCUT2D eigenvalue weighted by molar-refractivity contribution is -0.117. The monoisotopic (exact) mass is 323 g/mol. The first-order chi connectivity index (χ1) is 10.0. The van der Waals surface area contributed by atoms with Crippen molar-refractivity contribution in [2.24, 2.45) is 11.7 Å². The standard InChI is InChI=1S/C17H25N3O.ClH/c1-4-5-15(18)17(21)19-14-6-7-16-13(10-14)8-9-20(16)11-12(2)3;/h6-10,12,15H,4-5,11,18H2,1-3H3,(H,19,21);1H. The minimum atomic E-state index is -0.434. The highest BCUT2D eigenvalue weighted by Crippen LogP contribution is 2.21. The molecule has 2 rings (SSSR count). The van der Waals surface area contributed by atoms with Crippen molar-refractivity contribution in [2.75, 3.05) is 5.32 Å². The first-order valence-electron chi connectivity index (χ1n) is 7.66. The predicted molar refractivity (Wildman–Crippen MR) is 95.5 cm³/mol. The van der Waals surface area contributed by atoms with Gasteiger partial charge in [0, 0.05) is 29.3 Å². The van der Waals surface area contributed by atoms with Crippen molar-refractivity contribution < 1.29 is 4.79 Å². The number of fused-ring (bicyclic) bond motifs is 1. The van der Waals surface area contributed by atoms with Crippen molar-refractivity contribution in [1.82, 2.24) is 4.57 Å². The molecule has 0 fully saturated rings. The summed E-state index contributed by atoms with van der Waals surface area (Å²) < 4.78 is 2.24. The number of nitrogens with two attached hydrogens (primary N) is 1. The Morgan fingerprint density at radius 3 is 2.68 bits per heavy atom. The highest BCUT2D eigenvalue weighted by Gasteiger charge is 2.12. The first-order valence-corrected chi connectivity index (χ1v) is 7.66. The van der Waals surface area contributed by atoms with Crippen molar-refractivity contribution in [3.05, 3.63) is 30.5 Å². The fraction of sp³-hybridized carbons (Fsp3) is 0.471. The minimum absolute atomic E-state index is 0. The molecule has 5 heteroatoms. The lowest BCUT2D eigenvalue weighted by Gasteiger charge is -2.12. The van der Waals surface area contributed by atoms with Crippen LogP contribution in [-0.4, -0.2) is 16.5 Å². The highest BCUT2D eigenvalue weighted by molar-refractivity contribution is 5.96. The molecule has 1 aromatic heterocycles. The van der Waals surface area contributed by atoms with Crippen molar-refractivity contribution in [2.45, 2.75) is 46.2 Å². The Hall–Kier alpha value is -1.52. The number of rotatable bonds is 6. The number of halogens is 1. The molecular weight excluding hydrogens is 298 g/mol. The van der Waals surface area contributed by atoms with E-state index in [-0.39, 0.29) is 18.3 Å². The molecule has 0 bridgehead atoms. The van der Waals surface area contributed by atoms with E-state index in [0.29, 0.717) is 12.3 Å². The van der Waals surface area contributed by atoms with Gasteiger partial charge in [-0.15, -0.1) is 12.4 Å². The molecule has 1 unspecified atom stereocenters. The maximum atomic E-state index is 11.9. The summed E-state index contributed by atoms with van der Waals surface area (Å²) in [4.78, 5) is 11.9. The zero-order valence-electron chi connectivity index (χ0n) is 13.5. The van der Waals surface area contributed by atoms with Crippen LogP contribution in [0.15, 0.2) is 30.5 Å². The van der Waals surface area contributed by atoms with Crippen LogP contribution in [0.3, 0.4) is 0 Å². The summed E-state index contributed by atoms with van der Waals surface area (Å²) in [5.41, 5.74) is 7.83. The molecule has 0 radical (unpaired) electrons. The molecular formula is C17H26ClN3O. The van der Waals surface area contributed by atoms with Gasteiger partial charge in [-0.3, -0.25) is 4.79 Å². The zero-order valence-corrected chi connectivity index (χ0v) is 14.3. The van der Waals surface area contributed by atoms with Crippen LogP contribution in [0.5, 0.6) is 0 Å². The number of amides is 1. The van der Waals surface area contributed by atoms with E-state index < -0.39 is 6.04 Å². The van der Waals surface area contributed by atoms with Gasteiger partial charge >= 0.3 is 0 Å². The van der Waals surface area contributed by atoms with Crippen LogP contribution in [0.4, 0.5) is 5.69 Å². The Balaban J connectivity index is 0.00000242. The van der Waals surface area contributed by atoms with E-state index in [1.807, 2.05) is 19.1 Å². The normalized spacial score (nSPS) is 12.2. The van der Waals surface area contributed by atoms with Gasteiger partial charge in [-0.05, 0) is 36.6 Å². The molecule has 1 heterocycles. The number of aromatic nitrogens is 1. The van der Waals surface area contributed by atoms with Gasteiger partial charge in [0.2, 0.25) is 5.91 Å². The molecule has 122 valence electrons. The molecule has 0 saturated heterocycles. The number of nitrogens with one attached hydrogen (secondary N) is 1. The molecule has 1 amide bonds. The van der Waals surface area contributed by atoms with Gasteiger partial charge in [0.15, 0.2) is 0 Å². The predicted octanol–water partition coefficient (Wildman–Crippen LogP) is 3.79. The number of carbonyl (C=O) groups excluding carboxylic acids is 1. The van der Waals surface area contributed by atoms with Crippen molar-refractivity contribution in [3.63, 3.8) is 0 Å². The summed E-state index contributed by atoms with van der Waals surface area (Å²) in [6.07, 6.45) is 3.71. The van der Waals surface area contributed by atoms with Crippen LogP contribution in [-0.2, 0) is 11.3 Å². The van der Waals surface area contributed by atoms with E-state index in [1.54, 1.807) is 0 Å². The summed E-state index contributed by atoms with van der Waals surface area (Å²) in [7, 11) is 0. The van der Waals surface area contributed by atoms with Gasteiger partial charge in [-0.2, -0.15) is 0 Å². The van der Waals surface area contributed by atoms with Crippen LogP contribution in [0.25, 0.3) is 10.9 Å². The second kappa shape index (κ2) is 8.20. The Bertz CT molecular complexity index is 621. The van der Waals surface area contributed by atoms with Gasteiger partial charge < -0.3 is 15.6 Å². The fourth-order valence-corrected chi connectivity index (χ4v) is 2.51. The molecule has 0 spiro atoms. The highest BCUT2D eigenvalue weighted by atomic mass is 35.5. The van der Waals surface area contributed by atoms with Crippen LogP contribution < -0.4 is 11.1 Å². The second-order valence-corrected chi connectivity index (χ2v) is 6.02. The summed E-state index contributed by atoms with van der Waals surface area (Å²) >= 11 is 0. The third-order valence-electron chi connectivity index (χ3n) is 3.54. The average molecular weight is 324 g/mol. The molecule has 0 aliphatic carbocycles. The smallest absolute Gasteiger partial charge is 0.241 e. The number of hydrogen-bond acceptors (Lipinski definition) is 2. The van der Waals surface area contributed by atoms with Crippen molar-refractivity contribution in [1.29, 1.82) is 0 Å². The van der Waals surface area contributed by atoms with Gasteiger partial charge in [-0.1, -0.05) is 27.2 Å². The molecule has 0 saturated carbocycles. The second-order valence-electron chi connectivity index (χ2n) is 6.02. The molecule has 0 aliphatic rings. The lowest BCUT2D eigenvalue weighted by Crippen LogP contribution is -2.35. The van der Waals surface area contributed by atoms with Gasteiger partial charge in [-0.25, -0.2) is 0 Å². The van der Waals surface area contributed by atoms with Crippen molar-refractivity contribution >= 4 is 34.9 Å². The molecule has 1 aromatic carbocycles. The van der Waals surface area contributed by atoms with E-state index in [4.69, 9.17) is 5.73 Å². The summed E-state index contributed by atoms with van der Waals surface area (Å²) in [5.74, 6) is 0.491. The maximum absolute atomic E-state index is 11.9. The van der Waals surface area contributed by atoms with E-state index in [1.165, 1.54) is 5.52 Å². The van der Waals surface area contributed by atoms with Gasteiger partial charge in [0.1, 0.15) is 0 Å². The SMILES string of the molecule is CCCC(N)C(=O)Nc1ccc2c(ccn2CC(C)C)c1.Cl. The van der Waals surface area contributed by atoms with E-state index >= 15 is 0 Å². The molecule has 4 nitrogen and oxygen atoms in total. The molecule has 1 atom stereocenters. The number of benzene rings is 1. The fourth-order valence-electron chi connectivity index (χ4n) is 2.51.